The first-order valence-electron chi connectivity index (χ1n) is 7.40. The topological polar surface area (TPSA) is 41.6 Å². The van der Waals surface area contributed by atoms with Crippen LogP contribution in [0.25, 0.3) is 0 Å². The minimum Gasteiger partial charge on any atom is -0.495 e. The van der Waals surface area contributed by atoms with Gasteiger partial charge in [-0.3, -0.25) is 9.69 Å². The average molecular weight is 333 g/mol. The highest BCUT2D eigenvalue weighted by atomic mass is 35.5. The zero-order valence-electron chi connectivity index (χ0n) is 13.5. The van der Waals surface area contributed by atoms with Crippen LogP contribution in [0.3, 0.4) is 0 Å². The van der Waals surface area contributed by atoms with Crippen LogP contribution in [-0.4, -0.2) is 31.0 Å². The van der Waals surface area contributed by atoms with E-state index in [4.69, 9.17) is 16.3 Å². The van der Waals surface area contributed by atoms with Gasteiger partial charge in [0.25, 0.3) is 0 Å². The summed E-state index contributed by atoms with van der Waals surface area (Å²) in [6, 6.07) is 14.7. The lowest BCUT2D eigenvalue weighted by Crippen LogP contribution is -2.39. The van der Waals surface area contributed by atoms with E-state index in [1.165, 1.54) is 0 Å². The van der Waals surface area contributed by atoms with Crippen molar-refractivity contribution >= 4 is 23.2 Å². The molecule has 0 saturated heterocycles. The van der Waals surface area contributed by atoms with Gasteiger partial charge >= 0.3 is 0 Å². The molecule has 0 fully saturated rings. The Labute approximate surface area is 142 Å². The van der Waals surface area contributed by atoms with Gasteiger partial charge in [0.15, 0.2) is 0 Å². The molecule has 1 amide bonds. The summed E-state index contributed by atoms with van der Waals surface area (Å²) in [5, 5.41) is 3.60. The fourth-order valence-corrected chi connectivity index (χ4v) is 2.46. The number of nitrogens with zero attached hydrogens (tertiary/aromatic N) is 1. The molecule has 0 saturated carbocycles. The van der Waals surface area contributed by atoms with Crippen molar-refractivity contribution in [1.82, 2.24) is 4.90 Å². The number of benzene rings is 2. The maximum atomic E-state index is 12.4. The number of hydrogen-bond donors (Lipinski definition) is 1. The predicted octanol–water partition coefficient (Wildman–Crippen LogP) is 3.81. The van der Waals surface area contributed by atoms with Crippen LogP contribution in [0.4, 0.5) is 5.69 Å². The molecule has 1 atom stereocenters. The lowest BCUT2D eigenvalue weighted by molar-refractivity contribution is -0.120. The van der Waals surface area contributed by atoms with Crippen molar-refractivity contribution in [3.63, 3.8) is 0 Å². The quantitative estimate of drug-likeness (QED) is 0.874. The van der Waals surface area contributed by atoms with Crippen LogP contribution in [0.2, 0.25) is 5.02 Å². The number of likely N-dealkylation sites (N-methyl/N-ethyl adjacent to an activating group) is 1. The van der Waals surface area contributed by atoms with Crippen LogP contribution in [0.5, 0.6) is 5.75 Å². The fraction of sp³-hybridized carbons (Fsp3) is 0.278. The fourth-order valence-electron chi connectivity index (χ4n) is 2.25. The molecule has 0 aromatic heterocycles. The third kappa shape index (κ3) is 4.71. The molecular formula is C18H21ClN2O2. The van der Waals surface area contributed by atoms with Gasteiger partial charge in [0.1, 0.15) is 5.75 Å². The van der Waals surface area contributed by atoms with Gasteiger partial charge in [0.05, 0.1) is 18.8 Å². The lowest BCUT2D eigenvalue weighted by atomic mass is 10.2. The number of carbonyl (C=O) groups excluding carboxylic acids is 1. The zero-order chi connectivity index (χ0) is 16.8. The normalized spacial score (nSPS) is 12.0. The maximum Gasteiger partial charge on any atom is 0.241 e. The van der Waals surface area contributed by atoms with E-state index in [1.807, 2.05) is 67.4 Å². The second-order valence-electron chi connectivity index (χ2n) is 5.41. The van der Waals surface area contributed by atoms with Crippen LogP contribution < -0.4 is 10.1 Å². The number of amides is 1. The smallest absolute Gasteiger partial charge is 0.241 e. The van der Waals surface area contributed by atoms with Crippen molar-refractivity contribution in [1.29, 1.82) is 0 Å². The summed E-state index contributed by atoms with van der Waals surface area (Å²) < 4.78 is 5.25. The molecule has 1 N–H and O–H groups in total. The van der Waals surface area contributed by atoms with Crippen molar-refractivity contribution in [2.24, 2.45) is 0 Å². The molecule has 2 aromatic carbocycles. The number of methoxy groups -OCH3 is 1. The largest absolute Gasteiger partial charge is 0.495 e. The highest BCUT2D eigenvalue weighted by Gasteiger charge is 2.19. The van der Waals surface area contributed by atoms with Gasteiger partial charge in [-0.25, -0.2) is 0 Å². The Morgan fingerprint density at radius 2 is 2.00 bits per heavy atom. The van der Waals surface area contributed by atoms with Crippen molar-refractivity contribution in [2.45, 2.75) is 19.5 Å². The maximum absolute atomic E-state index is 12.4. The summed E-state index contributed by atoms with van der Waals surface area (Å²) in [7, 11) is 3.49. The number of rotatable bonds is 6. The summed E-state index contributed by atoms with van der Waals surface area (Å²) >= 11 is 6.00. The van der Waals surface area contributed by atoms with Crippen LogP contribution in [-0.2, 0) is 11.3 Å². The van der Waals surface area contributed by atoms with E-state index in [0.29, 0.717) is 23.0 Å². The third-order valence-corrected chi connectivity index (χ3v) is 3.96. The first kappa shape index (κ1) is 17.3. The molecule has 2 rings (SSSR count). The van der Waals surface area contributed by atoms with Crippen molar-refractivity contribution in [2.75, 3.05) is 19.5 Å². The number of anilines is 1. The number of nitrogens with one attached hydrogen (secondary N) is 1. The van der Waals surface area contributed by atoms with E-state index < -0.39 is 0 Å². The standard InChI is InChI=1S/C18H21ClN2O2/c1-13(21(2)12-14-7-6-8-15(19)11-14)18(22)20-16-9-4-5-10-17(16)23-3/h4-11,13H,12H2,1-3H3,(H,20,22). The predicted molar refractivity (Wildman–Crippen MR) is 94.0 cm³/mol. The van der Waals surface area contributed by atoms with E-state index in [-0.39, 0.29) is 11.9 Å². The summed E-state index contributed by atoms with van der Waals surface area (Å²) in [5.41, 5.74) is 1.74. The van der Waals surface area contributed by atoms with Gasteiger partial charge in [0.2, 0.25) is 5.91 Å². The van der Waals surface area contributed by atoms with Gasteiger partial charge in [-0.15, -0.1) is 0 Å². The molecule has 23 heavy (non-hydrogen) atoms. The third-order valence-electron chi connectivity index (χ3n) is 3.73. The molecule has 0 aliphatic rings. The molecule has 2 aromatic rings. The first-order valence-corrected chi connectivity index (χ1v) is 7.77. The number of para-hydroxylation sites is 2. The molecule has 5 heteroatoms. The van der Waals surface area contributed by atoms with Crippen molar-refractivity contribution in [3.8, 4) is 5.75 Å². The summed E-state index contributed by atoms with van der Waals surface area (Å²) in [6.45, 7) is 2.51. The Balaban J connectivity index is 2.01. The summed E-state index contributed by atoms with van der Waals surface area (Å²) in [4.78, 5) is 14.4. The highest BCUT2D eigenvalue weighted by molar-refractivity contribution is 6.30. The van der Waals surface area contributed by atoms with Crippen LogP contribution >= 0.6 is 11.6 Å². The van der Waals surface area contributed by atoms with Gasteiger partial charge in [-0.1, -0.05) is 35.9 Å². The van der Waals surface area contributed by atoms with E-state index >= 15 is 0 Å². The zero-order valence-corrected chi connectivity index (χ0v) is 14.3. The first-order chi connectivity index (χ1) is 11.0. The number of carbonyl (C=O) groups is 1. The second-order valence-corrected chi connectivity index (χ2v) is 5.85. The molecule has 0 spiro atoms. The molecule has 122 valence electrons. The summed E-state index contributed by atoms with van der Waals surface area (Å²) in [5.74, 6) is 0.560. The van der Waals surface area contributed by atoms with Gasteiger partial charge in [0, 0.05) is 11.6 Å². The van der Waals surface area contributed by atoms with Crippen LogP contribution in [0, 0.1) is 0 Å². The molecule has 0 bridgehead atoms. The molecule has 0 heterocycles. The minimum absolute atomic E-state index is 0.0842. The Kier molecular flexibility index (Phi) is 6.02. The van der Waals surface area contributed by atoms with Gasteiger partial charge in [-0.05, 0) is 43.8 Å². The molecule has 0 radical (unpaired) electrons. The minimum atomic E-state index is -0.293. The molecule has 0 aliphatic carbocycles. The average Bonchev–Trinajstić information content (AvgIpc) is 2.54. The van der Waals surface area contributed by atoms with Gasteiger partial charge < -0.3 is 10.1 Å². The van der Waals surface area contributed by atoms with Crippen molar-refractivity contribution in [3.05, 3.63) is 59.1 Å². The van der Waals surface area contributed by atoms with Crippen molar-refractivity contribution < 1.29 is 9.53 Å². The Bertz CT molecular complexity index is 676. The van der Waals surface area contributed by atoms with E-state index in [1.54, 1.807) is 7.11 Å². The molecule has 0 aliphatic heterocycles. The molecule has 4 nitrogen and oxygen atoms in total. The molecular weight excluding hydrogens is 312 g/mol. The Morgan fingerprint density at radius 3 is 2.70 bits per heavy atom. The van der Waals surface area contributed by atoms with Gasteiger partial charge in [-0.2, -0.15) is 0 Å². The van der Waals surface area contributed by atoms with E-state index in [9.17, 15) is 4.79 Å². The second kappa shape index (κ2) is 7.99. The highest BCUT2D eigenvalue weighted by Crippen LogP contribution is 2.23. The summed E-state index contributed by atoms with van der Waals surface area (Å²) in [6.07, 6.45) is 0. The number of ether oxygens (including phenoxy) is 1. The molecule has 1 unspecified atom stereocenters. The number of halogens is 1. The Morgan fingerprint density at radius 1 is 1.26 bits per heavy atom. The van der Waals surface area contributed by atoms with Crippen LogP contribution in [0.15, 0.2) is 48.5 Å². The SMILES string of the molecule is COc1ccccc1NC(=O)C(C)N(C)Cc1cccc(Cl)c1. The van der Waals surface area contributed by atoms with E-state index in [0.717, 1.165) is 5.56 Å². The Hall–Kier alpha value is -2.04. The van der Waals surface area contributed by atoms with Crippen LogP contribution in [0.1, 0.15) is 12.5 Å². The van der Waals surface area contributed by atoms with E-state index in [2.05, 4.69) is 5.32 Å². The monoisotopic (exact) mass is 332 g/mol. The lowest BCUT2D eigenvalue weighted by Gasteiger charge is -2.24. The number of hydrogen-bond acceptors (Lipinski definition) is 3.